The number of hydrogen-bond acceptors (Lipinski definition) is 5. The van der Waals surface area contributed by atoms with Crippen molar-refractivity contribution in [3.05, 3.63) is 0 Å². The fourth-order valence-corrected chi connectivity index (χ4v) is 3.62. The summed E-state index contributed by atoms with van der Waals surface area (Å²) in [4.78, 5) is 38.2. The van der Waals surface area contributed by atoms with Gasteiger partial charge in [-0.3, -0.25) is 9.59 Å². The van der Waals surface area contributed by atoms with E-state index in [1.165, 1.54) is 0 Å². The van der Waals surface area contributed by atoms with Crippen LogP contribution in [0.3, 0.4) is 0 Å². The van der Waals surface area contributed by atoms with Gasteiger partial charge in [0.05, 0.1) is 6.61 Å². The van der Waals surface area contributed by atoms with Crippen LogP contribution in [0, 0.1) is 11.8 Å². The molecule has 0 bridgehead atoms. The number of carbonyl (C=O) groups excluding carboxylic acids is 3. The number of ether oxygens (including phenoxy) is 1. The highest BCUT2D eigenvalue weighted by atomic mass is 16.5. The zero-order valence-corrected chi connectivity index (χ0v) is 13.7. The second kappa shape index (κ2) is 8.29. The average Bonchev–Trinajstić information content (AvgIpc) is 2.61. The third-order valence-electron chi connectivity index (χ3n) is 4.97. The summed E-state index contributed by atoms with van der Waals surface area (Å²) in [6.07, 6.45) is 3.68. The predicted octanol–water partition coefficient (Wildman–Crippen LogP) is 0.0190. The van der Waals surface area contributed by atoms with Crippen molar-refractivity contribution in [2.24, 2.45) is 11.8 Å². The first kappa shape index (κ1) is 17.7. The average molecular weight is 326 g/mol. The van der Waals surface area contributed by atoms with E-state index in [4.69, 9.17) is 9.84 Å². The number of piperidine rings is 2. The van der Waals surface area contributed by atoms with Gasteiger partial charge < -0.3 is 19.6 Å². The minimum atomic E-state index is -0.762. The summed E-state index contributed by atoms with van der Waals surface area (Å²) in [5.74, 6) is -0.404. The summed E-state index contributed by atoms with van der Waals surface area (Å²) in [6, 6.07) is 0. The molecule has 0 spiro atoms. The number of nitrogens with zero attached hydrogens (tertiary/aromatic N) is 2. The van der Waals surface area contributed by atoms with Crippen LogP contribution in [-0.4, -0.2) is 72.1 Å². The lowest BCUT2D eigenvalue weighted by atomic mass is 9.79. The number of aliphatic hydroxyl groups is 1. The van der Waals surface area contributed by atoms with Crippen LogP contribution >= 0.6 is 0 Å². The molecule has 2 rings (SSSR count). The first-order chi connectivity index (χ1) is 11.1. The fraction of sp³-hybridized carbons (Fsp3) is 0.812. The summed E-state index contributed by atoms with van der Waals surface area (Å²) in [6.45, 7) is 4.07. The standard InChI is InChI=1S/C16H26N2O5/c1-2-23-16(22)15(21)18-9-5-13(6-10-18)12-3-7-17(8-4-12)14(20)11-19/h12-13,19H,2-11H2,1H3. The Kier molecular flexibility index (Phi) is 6.38. The molecular formula is C16H26N2O5. The van der Waals surface area contributed by atoms with E-state index in [1.54, 1.807) is 16.7 Å². The molecule has 0 atom stereocenters. The maximum atomic E-state index is 11.9. The van der Waals surface area contributed by atoms with Crippen LogP contribution in [0.25, 0.3) is 0 Å². The Bertz CT molecular complexity index is 438. The Morgan fingerprint density at radius 1 is 0.957 bits per heavy atom. The Morgan fingerprint density at radius 3 is 1.87 bits per heavy atom. The third kappa shape index (κ3) is 4.43. The predicted molar refractivity (Wildman–Crippen MR) is 82.3 cm³/mol. The van der Waals surface area contributed by atoms with E-state index in [0.29, 0.717) is 38.0 Å². The molecule has 0 aliphatic carbocycles. The minimum absolute atomic E-state index is 0.196. The fourth-order valence-electron chi connectivity index (χ4n) is 3.62. The SMILES string of the molecule is CCOC(=O)C(=O)N1CCC(C2CCN(C(=O)CO)CC2)CC1. The van der Waals surface area contributed by atoms with Gasteiger partial charge in [0.2, 0.25) is 5.91 Å². The number of aliphatic hydroxyl groups excluding tert-OH is 1. The number of hydrogen-bond donors (Lipinski definition) is 1. The second-order valence-electron chi connectivity index (χ2n) is 6.23. The van der Waals surface area contributed by atoms with Crippen molar-refractivity contribution in [3.63, 3.8) is 0 Å². The second-order valence-corrected chi connectivity index (χ2v) is 6.23. The van der Waals surface area contributed by atoms with Crippen molar-refractivity contribution in [2.45, 2.75) is 32.6 Å². The monoisotopic (exact) mass is 326 g/mol. The van der Waals surface area contributed by atoms with Crippen molar-refractivity contribution < 1.29 is 24.2 Å². The lowest BCUT2D eigenvalue weighted by molar-refractivity contribution is -0.160. The zero-order chi connectivity index (χ0) is 16.8. The van der Waals surface area contributed by atoms with Crippen molar-refractivity contribution in [1.29, 1.82) is 0 Å². The van der Waals surface area contributed by atoms with E-state index in [1.807, 2.05) is 0 Å². The Balaban J connectivity index is 1.76. The molecule has 1 N–H and O–H groups in total. The highest BCUT2D eigenvalue weighted by Gasteiger charge is 2.33. The molecule has 2 heterocycles. The Morgan fingerprint density at radius 2 is 1.43 bits per heavy atom. The van der Waals surface area contributed by atoms with Gasteiger partial charge in [-0.15, -0.1) is 0 Å². The molecule has 23 heavy (non-hydrogen) atoms. The molecule has 7 heteroatoms. The van der Waals surface area contributed by atoms with Gasteiger partial charge in [0.1, 0.15) is 6.61 Å². The highest BCUT2D eigenvalue weighted by molar-refractivity contribution is 6.32. The molecule has 130 valence electrons. The molecular weight excluding hydrogens is 300 g/mol. The number of esters is 1. The van der Waals surface area contributed by atoms with Crippen LogP contribution in [0.1, 0.15) is 32.6 Å². The molecule has 0 unspecified atom stereocenters. The molecule has 0 aromatic carbocycles. The topological polar surface area (TPSA) is 87.2 Å². The minimum Gasteiger partial charge on any atom is -0.459 e. The lowest BCUT2D eigenvalue weighted by Crippen LogP contribution is -2.46. The van der Waals surface area contributed by atoms with Gasteiger partial charge in [-0.2, -0.15) is 0 Å². The molecule has 0 saturated carbocycles. The van der Waals surface area contributed by atoms with Crippen LogP contribution in [-0.2, 0) is 19.1 Å². The van der Waals surface area contributed by atoms with Crippen molar-refractivity contribution in [1.82, 2.24) is 9.80 Å². The molecule has 7 nitrogen and oxygen atoms in total. The maximum Gasteiger partial charge on any atom is 0.397 e. The molecule has 0 aromatic heterocycles. The molecule has 2 fully saturated rings. The van der Waals surface area contributed by atoms with Crippen molar-refractivity contribution in [2.75, 3.05) is 39.4 Å². The van der Waals surface area contributed by atoms with Crippen LogP contribution in [0.2, 0.25) is 0 Å². The van der Waals surface area contributed by atoms with Crippen LogP contribution < -0.4 is 0 Å². The highest BCUT2D eigenvalue weighted by Crippen LogP contribution is 2.32. The number of likely N-dealkylation sites (tertiary alicyclic amines) is 2. The van der Waals surface area contributed by atoms with Crippen LogP contribution in [0.5, 0.6) is 0 Å². The van der Waals surface area contributed by atoms with E-state index >= 15 is 0 Å². The lowest BCUT2D eigenvalue weighted by Gasteiger charge is -2.39. The Hall–Kier alpha value is -1.63. The number of carbonyl (C=O) groups is 3. The van der Waals surface area contributed by atoms with E-state index in [0.717, 1.165) is 25.7 Å². The zero-order valence-electron chi connectivity index (χ0n) is 13.7. The van der Waals surface area contributed by atoms with E-state index in [9.17, 15) is 14.4 Å². The largest absolute Gasteiger partial charge is 0.459 e. The molecule has 0 aromatic rings. The van der Waals surface area contributed by atoms with Crippen molar-refractivity contribution >= 4 is 17.8 Å². The summed E-state index contributed by atoms with van der Waals surface area (Å²) >= 11 is 0. The summed E-state index contributed by atoms with van der Waals surface area (Å²) in [5, 5.41) is 8.90. The van der Waals surface area contributed by atoms with Gasteiger partial charge in [-0.05, 0) is 44.4 Å². The summed E-state index contributed by atoms with van der Waals surface area (Å²) in [5.41, 5.74) is 0. The van der Waals surface area contributed by atoms with E-state index in [2.05, 4.69) is 0 Å². The molecule has 2 aliphatic rings. The normalized spacial score (nSPS) is 20.4. The van der Waals surface area contributed by atoms with Crippen LogP contribution in [0.15, 0.2) is 0 Å². The van der Waals surface area contributed by atoms with Gasteiger partial charge in [-0.1, -0.05) is 0 Å². The molecule has 2 saturated heterocycles. The van der Waals surface area contributed by atoms with E-state index in [-0.39, 0.29) is 12.5 Å². The molecule has 2 aliphatic heterocycles. The maximum absolute atomic E-state index is 11.9. The summed E-state index contributed by atoms with van der Waals surface area (Å²) in [7, 11) is 0. The quantitative estimate of drug-likeness (QED) is 0.583. The summed E-state index contributed by atoms with van der Waals surface area (Å²) < 4.78 is 4.76. The first-order valence-electron chi connectivity index (χ1n) is 8.41. The van der Waals surface area contributed by atoms with Gasteiger partial charge in [0.15, 0.2) is 0 Å². The molecule has 2 amide bonds. The van der Waals surface area contributed by atoms with Crippen molar-refractivity contribution in [3.8, 4) is 0 Å². The number of rotatable bonds is 3. The van der Waals surface area contributed by atoms with Gasteiger partial charge in [0, 0.05) is 26.2 Å². The van der Waals surface area contributed by atoms with Gasteiger partial charge in [0.25, 0.3) is 0 Å². The first-order valence-corrected chi connectivity index (χ1v) is 8.41. The third-order valence-corrected chi connectivity index (χ3v) is 4.97. The smallest absolute Gasteiger partial charge is 0.397 e. The number of amides is 2. The Labute approximate surface area is 136 Å². The van der Waals surface area contributed by atoms with Gasteiger partial charge in [-0.25, -0.2) is 4.79 Å². The molecule has 0 radical (unpaired) electrons. The van der Waals surface area contributed by atoms with Gasteiger partial charge >= 0.3 is 11.9 Å². The van der Waals surface area contributed by atoms with E-state index < -0.39 is 18.5 Å². The van der Waals surface area contributed by atoms with Crippen LogP contribution in [0.4, 0.5) is 0 Å².